The second-order valence-electron chi connectivity index (χ2n) is 6.11. The van der Waals surface area contributed by atoms with Gasteiger partial charge in [-0.05, 0) is 19.4 Å². The van der Waals surface area contributed by atoms with Gasteiger partial charge in [0, 0.05) is 31.2 Å². The van der Waals surface area contributed by atoms with Gasteiger partial charge >= 0.3 is 0 Å². The molecule has 26 heavy (non-hydrogen) atoms. The average molecular weight is 354 g/mol. The minimum Gasteiger partial charge on any atom is -0.474 e. The Kier molecular flexibility index (Phi) is 4.34. The van der Waals surface area contributed by atoms with E-state index in [2.05, 4.69) is 20.2 Å². The van der Waals surface area contributed by atoms with Crippen LogP contribution in [0, 0.1) is 6.92 Å². The fraction of sp³-hybridized carbons (Fsp3) is 0.353. The van der Waals surface area contributed by atoms with Crippen LogP contribution in [0.15, 0.2) is 41.4 Å². The second kappa shape index (κ2) is 6.95. The lowest BCUT2D eigenvalue weighted by atomic mass is 10.1. The number of nitrogens with zero attached hydrogens (tertiary/aromatic N) is 6. The van der Waals surface area contributed by atoms with Gasteiger partial charge in [-0.1, -0.05) is 5.16 Å². The lowest BCUT2D eigenvalue weighted by molar-refractivity contribution is 0.0544. The first-order chi connectivity index (χ1) is 12.7. The van der Waals surface area contributed by atoms with E-state index in [1.807, 2.05) is 10.7 Å². The predicted octanol–water partition coefficient (Wildman–Crippen LogP) is 1.46. The highest BCUT2D eigenvalue weighted by Gasteiger charge is 2.31. The maximum atomic E-state index is 13.0. The van der Waals surface area contributed by atoms with Gasteiger partial charge in [-0.2, -0.15) is 5.10 Å². The van der Waals surface area contributed by atoms with E-state index in [9.17, 15) is 4.79 Å². The molecule has 1 aliphatic heterocycles. The zero-order valence-corrected chi connectivity index (χ0v) is 14.3. The molecule has 3 aromatic rings. The van der Waals surface area contributed by atoms with Gasteiger partial charge in [0.1, 0.15) is 6.61 Å². The Morgan fingerprint density at radius 3 is 3.08 bits per heavy atom. The van der Waals surface area contributed by atoms with Crippen LogP contribution < -0.4 is 4.74 Å². The van der Waals surface area contributed by atoms with Crippen molar-refractivity contribution in [2.24, 2.45) is 0 Å². The van der Waals surface area contributed by atoms with Crippen LogP contribution in [0.1, 0.15) is 28.4 Å². The quantitative estimate of drug-likeness (QED) is 0.699. The van der Waals surface area contributed by atoms with Gasteiger partial charge in [-0.3, -0.25) is 14.5 Å². The molecule has 4 rings (SSSR count). The van der Waals surface area contributed by atoms with Gasteiger partial charge in [0.15, 0.2) is 0 Å². The minimum atomic E-state index is -0.215. The van der Waals surface area contributed by atoms with Crippen LogP contribution in [0.3, 0.4) is 0 Å². The molecular weight excluding hydrogens is 336 g/mol. The van der Waals surface area contributed by atoms with Crippen molar-refractivity contribution in [3.8, 4) is 5.88 Å². The van der Waals surface area contributed by atoms with E-state index in [-0.39, 0.29) is 17.7 Å². The van der Waals surface area contributed by atoms with Crippen LogP contribution >= 0.6 is 0 Å². The largest absolute Gasteiger partial charge is 0.474 e. The number of hydrogen-bond donors (Lipinski definition) is 0. The lowest BCUT2D eigenvalue weighted by Crippen LogP contribution is -2.42. The molecule has 0 bridgehead atoms. The van der Waals surface area contributed by atoms with E-state index in [4.69, 9.17) is 9.26 Å². The summed E-state index contributed by atoms with van der Waals surface area (Å²) in [6, 6.07) is 3.40. The molecule has 4 heterocycles. The van der Waals surface area contributed by atoms with Crippen molar-refractivity contribution in [1.82, 2.24) is 29.8 Å². The highest BCUT2D eigenvalue weighted by Crippen LogP contribution is 2.21. The number of carbonyl (C=O) groups is 1. The Bertz CT molecular complexity index is 891. The van der Waals surface area contributed by atoms with E-state index in [0.29, 0.717) is 37.7 Å². The molecule has 0 unspecified atom stereocenters. The minimum absolute atomic E-state index is 0.156. The smallest absolute Gasteiger partial charge is 0.293 e. The van der Waals surface area contributed by atoms with Gasteiger partial charge in [0.2, 0.25) is 11.6 Å². The highest BCUT2D eigenvalue weighted by molar-refractivity contribution is 5.91. The number of carbonyl (C=O) groups excluding carboxylic acids is 1. The van der Waals surface area contributed by atoms with Crippen molar-refractivity contribution in [3.63, 3.8) is 0 Å². The zero-order chi connectivity index (χ0) is 17.9. The highest BCUT2D eigenvalue weighted by atomic mass is 16.5. The third-order valence-electron chi connectivity index (χ3n) is 4.31. The van der Waals surface area contributed by atoms with E-state index in [1.54, 1.807) is 42.7 Å². The molecule has 3 aromatic heterocycles. The van der Waals surface area contributed by atoms with Crippen LogP contribution in [-0.4, -0.2) is 48.4 Å². The van der Waals surface area contributed by atoms with E-state index >= 15 is 0 Å². The second-order valence-corrected chi connectivity index (χ2v) is 6.11. The Morgan fingerprint density at radius 2 is 2.31 bits per heavy atom. The molecule has 1 atom stereocenters. The number of amides is 1. The number of aryl methyl sites for hydroxylation is 2. The van der Waals surface area contributed by atoms with Gasteiger partial charge in [-0.25, -0.2) is 4.98 Å². The molecule has 1 amide bonds. The van der Waals surface area contributed by atoms with Crippen molar-refractivity contribution in [2.45, 2.75) is 32.5 Å². The molecule has 0 fully saturated rings. The standard InChI is InChI=1S/C17H18N6O3/c1-12-8-15(26-21-12)17(24)22-10-13-2-4-20-23(13)7-3-14(22)11-25-16-9-18-5-6-19-16/h2,4-6,8-9,14H,3,7,10-11H2,1H3/t14-/m1/s1. The molecule has 9 heteroatoms. The molecule has 0 N–H and O–H groups in total. The third-order valence-corrected chi connectivity index (χ3v) is 4.31. The van der Waals surface area contributed by atoms with Gasteiger partial charge in [0.05, 0.1) is 30.2 Å². The van der Waals surface area contributed by atoms with Crippen molar-refractivity contribution < 1.29 is 14.1 Å². The molecule has 0 saturated heterocycles. The number of fused-ring (bicyclic) bond motifs is 1. The first-order valence-corrected chi connectivity index (χ1v) is 8.34. The molecule has 0 radical (unpaired) electrons. The van der Waals surface area contributed by atoms with Crippen molar-refractivity contribution in [1.29, 1.82) is 0 Å². The summed E-state index contributed by atoms with van der Waals surface area (Å²) in [7, 11) is 0. The van der Waals surface area contributed by atoms with Gasteiger partial charge < -0.3 is 14.2 Å². The Labute approximate surface area is 149 Å². The molecule has 0 saturated carbocycles. The topological polar surface area (TPSA) is 99.2 Å². The molecule has 9 nitrogen and oxygen atoms in total. The number of rotatable bonds is 4. The average Bonchev–Trinajstić information content (AvgIpc) is 3.26. The molecule has 0 aliphatic carbocycles. The first-order valence-electron chi connectivity index (χ1n) is 8.34. The van der Waals surface area contributed by atoms with Gasteiger partial charge in [-0.15, -0.1) is 0 Å². The lowest BCUT2D eigenvalue weighted by Gasteiger charge is -2.28. The monoisotopic (exact) mass is 354 g/mol. The maximum Gasteiger partial charge on any atom is 0.293 e. The normalized spacial score (nSPS) is 16.8. The maximum absolute atomic E-state index is 13.0. The summed E-state index contributed by atoms with van der Waals surface area (Å²) < 4.78 is 12.8. The zero-order valence-electron chi connectivity index (χ0n) is 14.3. The molecule has 1 aliphatic rings. The van der Waals surface area contributed by atoms with Gasteiger partial charge in [0.25, 0.3) is 5.91 Å². The predicted molar refractivity (Wildman–Crippen MR) is 89.3 cm³/mol. The Balaban J connectivity index is 1.57. The van der Waals surface area contributed by atoms with Crippen LogP contribution in [0.25, 0.3) is 0 Å². The summed E-state index contributed by atoms with van der Waals surface area (Å²) in [5.74, 6) is 0.436. The Morgan fingerprint density at radius 1 is 1.38 bits per heavy atom. The third kappa shape index (κ3) is 3.28. The summed E-state index contributed by atoms with van der Waals surface area (Å²) in [5.41, 5.74) is 1.64. The van der Waals surface area contributed by atoms with Crippen LogP contribution in [-0.2, 0) is 13.1 Å². The van der Waals surface area contributed by atoms with E-state index in [0.717, 1.165) is 5.69 Å². The van der Waals surface area contributed by atoms with Crippen LogP contribution in [0.2, 0.25) is 0 Å². The van der Waals surface area contributed by atoms with Crippen molar-refractivity contribution >= 4 is 5.91 Å². The van der Waals surface area contributed by atoms with Crippen LogP contribution in [0.4, 0.5) is 0 Å². The summed E-state index contributed by atoms with van der Waals surface area (Å²) in [4.78, 5) is 22.8. The SMILES string of the molecule is Cc1cc(C(=O)N2Cc3ccnn3CC[C@@H]2COc2cnccn2)on1. The van der Waals surface area contributed by atoms with E-state index < -0.39 is 0 Å². The number of hydrogen-bond acceptors (Lipinski definition) is 7. The summed E-state index contributed by atoms with van der Waals surface area (Å²) in [6.45, 7) is 3.22. The first kappa shape index (κ1) is 16.2. The summed E-state index contributed by atoms with van der Waals surface area (Å²) in [5, 5.41) is 8.14. The molecule has 134 valence electrons. The fourth-order valence-corrected chi connectivity index (χ4v) is 2.98. The van der Waals surface area contributed by atoms with Crippen LogP contribution in [0.5, 0.6) is 5.88 Å². The van der Waals surface area contributed by atoms with Crippen molar-refractivity contribution in [3.05, 3.63) is 54.1 Å². The molecular formula is C17H18N6O3. The Hall–Kier alpha value is -3.23. The fourth-order valence-electron chi connectivity index (χ4n) is 2.98. The summed E-state index contributed by atoms with van der Waals surface area (Å²) >= 11 is 0. The molecule has 0 aromatic carbocycles. The molecule has 0 spiro atoms. The summed E-state index contributed by atoms with van der Waals surface area (Å²) in [6.07, 6.45) is 7.15. The van der Waals surface area contributed by atoms with E-state index in [1.165, 1.54) is 0 Å². The number of ether oxygens (including phenoxy) is 1. The van der Waals surface area contributed by atoms with Crippen molar-refractivity contribution in [2.75, 3.05) is 6.61 Å². The number of aromatic nitrogens is 5.